The summed E-state index contributed by atoms with van der Waals surface area (Å²) in [7, 11) is 4.16. The number of nitrogens with zero attached hydrogens (tertiary/aromatic N) is 3. The zero-order valence-corrected chi connectivity index (χ0v) is 28.1. The summed E-state index contributed by atoms with van der Waals surface area (Å²) < 4.78 is 0. The molecule has 4 heterocycles. The van der Waals surface area contributed by atoms with Crippen molar-refractivity contribution in [2.75, 3.05) is 14.1 Å². The zero-order valence-electron chi connectivity index (χ0n) is 28.1. The highest BCUT2D eigenvalue weighted by molar-refractivity contribution is 6.31. The Bertz CT molecular complexity index is 1680. The molecule has 0 atom stereocenters. The minimum absolute atomic E-state index is 0.0816. The van der Waals surface area contributed by atoms with Crippen molar-refractivity contribution in [1.29, 1.82) is 0 Å². The summed E-state index contributed by atoms with van der Waals surface area (Å²) in [5.41, 5.74) is 14.2. The smallest absolute Gasteiger partial charge is 0.273 e. The molecule has 6 nitrogen and oxygen atoms in total. The number of H-pyrrole nitrogens is 2. The molecule has 0 aliphatic carbocycles. The lowest BCUT2D eigenvalue weighted by molar-refractivity contribution is -0.114. The van der Waals surface area contributed by atoms with Crippen molar-refractivity contribution < 1.29 is 4.79 Å². The normalized spacial score (nSPS) is 17.3. The predicted octanol–water partition coefficient (Wildman–Crippen LogP) is 6.73. The Hall–Kier alpha value is -3.67. The topological polar surface area (TPSA) is 76.6 Å². The second kappa shape index (κ2) is 13.7. The number of nitrogens with one attached hydrogen (secondary N) is 2. The Morgan fingerprint density at radius 3 is 1.56 bits per heavy atom. The lowest BCUT2D eigenvalue weighted by Crippen LogP contribution is -2.22. The molecule has 1 amide bonds. The molecular formula is C37H51N5O. The SMILES string of the molecule is CCC1=C(CC)C(/C=c2\[nH]/c(=C/c3[nH]c(/C=C4\N=C(N(C)C)C(CC)=C4CC)c(CC)c3CC)c(CC)c2CC)=NC1=O. The van der Waals surface area contributed by atoms with Crippen LogP contribution in [0.25, 0.3) is 18.2 Å². The lowest BCUT2D eigenvalue weighted by atomic mass is 9.99. The molecule has 0 bridgehead atoms. The Balaban J connectivity index is 1.91. The Kier molecular flexibility index (Phi) is 10.3. The van der Waals surface area contributed by atoms with Gasteiger partial charge in [-0.15, -0.1) is 0 Å². The third-order valence-electron chi connectivity index (χ3n) is 8.99. The third kappa shape index (κ3) is 5.93. The Morgan fingerprint density at radius 1 is 0.558 bits per heavy atom. The molecule has 0 fully saturated rings. The van der Waals surface area contributed by atoms with E-state index >= 15 is 0 Å². The molecule has 6 heteroatoms. The van der Waals surface area contributed by atoms with Crippen LogP contribution in [0.2, 0.25) is 0 Å². The van der Waals surface area contributed by atoms with E-state index in [2.05, 4.69) is 101 Å². The number of amides is 1. The first-order valence-electron chi connectivity index (χ1n) is 16.4. The molecule has 43 heavy (non-hydrogen) atoms. The number of likely N-dealkylation sites (N-methyl/N-ethyl adjacent to an activating group) is 1. The fourth-order valence-electron chi connectivity index (χ4n) is 6.97. The van der Waals surface area contributed by atoms with Gasteiger partial charge in [0, 0.05) is 41.8 Å². The van der Waals surface area contributed by atoms with Gasteiger partial charge < -0.3 is 14.9 Å². The second-order valence-electron chi connectivity index (χ2n) is 11.5. The molecule has 0 spiro atoms. The van der Waals surface area contributed by atoms with E-state index in [0.29, 0.717) is 0 Å². The van der Waals surface area contributed by atoms with Gasteiger partial charge in [-0.2, -0.15) is 0 Å². The monoisotopic (exact) mass is 581 g/mol. The second-order valence-corrected chi connectivity index (χ2v) is 11.5. The van der Waals surface area contributed by atoms with Crippen LogP contribution in [0.5, 0.6) is 0 Å². The maximum absolute atomic E-state index is 12.6. The summed E-state index contributed by atoms with van der Waals surface area (Å²) in [6, 6.07) is 0. The molecule has 4 rings (SSSR count). The quantitative estimate of drug-likeness (QED) is 0.309. The minimum Gasteiger partial charge on any atom is -0.362 e. The highest BCUT2D eigenvalue weighted by Gasteiger charge is 2.25. The molecule has 230 valence electrons. The van der Waals surface area contributed by atoms with Gasteiger partial charge in [0.25, 0.3) is 5.91 Å². The van der Waals surface area contributed by atoms with Crippen molar-refractivity contribution in [3.05, 3.63) is 72.3 Å². The van der Waals surface area contributed by atoms with Crippen molar-refractivity contribution in [3.63, 3.8) is 0 Å². The van der Waals surface area contributed by atoms with Crippen LogP contribution in [0.1, 0.15) is 115 Å². The van der Waals surface area contributed by atoms with Crippen LogP contribution >= 0.6 is 0 Å². The molecule has 2 aliphatic heterocycles. The van der Waals surface area contributed by atoms with E-state index in [4.69, 9.17) is 4.99 Å². The number of aromatic amines is 2. The maximum atomic E-state index is 12.6. The largest absolute Gasteiger partial charge is 0.362 e. The number of hydrogen-bond donors (Lipinski definition) is 2. The van der Waals surface area contributed by atoms with Crippen LogP contribution in [0.4, 0.5) is 0 Å². The van der Waals surface area contributed by atoms with Crippen LogP contribution in [0.15, 0.2) is 38.0 Å². The molecule has 0 saturated heterocycles. The molecule has 0 radical (unpaired) electrons. The van der Waals surface area contributed by atoms with E-state index in [0.717, 1.165) is 102 Å². The van der Waals surface area contributed by atoms with Gasteiger partial charge in [-0.3, -0.25) is 4.79 Å². The molecule has 2 N–H and O–H groups in total. The van der Waals surface area contributed by atoms with E-state index in [1.807, 2.05) is 6.92 Å². The maximum Gasteiger partial charge on any atom is 0.273 e. The van der Waals surface area contributed by atoms with E-state index in [1.165, 1.54) is 33.4 Å². The molecule has 0 saturated carbocycles. The predicted molar refractivity (Wildman–Crippen MR) is 183 cm³/mol. The first kappa shape index (κ1) is 32.2. The number of carbonyl (C=O) groups is 1. The Labute approximate surface area is 258 Å². The molecule has 2 aliphatic rings. The van der Waals surface area contributed by atoms with Crippen molar-refractivity contribution in [2.24, 2.45) is 9.98 Å². The summed E-state index contributed by atoms with van der Waals surface area (Å²) >= 11 is 0. The van der Waals surface area contributed by atoms with E-state index < -0.39 is 0 Å². The number of hydrogen-bond acceptors (Lipinski definition) is 3. The van der Waals surface area contributed by atoms with Crippen LogP contribution in [-0.4, -0.2) is 46.4 Å². The van der Waals surface area contributed by atoms with Crippen molar-refractivity contribution in [3.8, 4) is 0 Å². The highest BCUT2D eigenvalue weighted by atomic mass is 16.1. The van der Waals surface area contributed by atoms with Gasteiger partial charge in [0.1, 0.15) is 5.84 Å². The molecule has 2 aromatic rings. The van der Waals surface area contributed by atoms with Gasteiger partial charge in [-0.1, -0.05) is 55.4 Å². The molecule has 0 aromatic carbocycles. The number of amidine groups is 1. The van der Waals surface area contributed by atoms with E-state index in [9.17, 15) is 4.79 Å². The van der Waals surface area contributed by atoms with Crippen LogP contribution in [0, 0.1) is 0 Å². The van der Waals surface area contributed by atoms with Crippen molar-refractivity contribution in [2.45, 2.75) is 107 Å². The molecule has 2 aromatic heterocycles. The number of allylic oxidation sites excluding steroid dienone is 2. The fraction of sp³-hybridized carbons (Fsp3) is 0.486. The van der Waals surface area contributed by atoms with Crippen LogP contribution in [0.3, 0.4) is 0 Å². The molecular weight excluding hydrogens is 530 g/mol. The third-order valence-corrected chi connectivity index (χ3v) is 8.99. The highest BCUT2D eigenvalue weighted by Crippen LogP contribution is 2.33. The molecule has 0 unspecified atom stereocenters. The number of aromatic nitrogens is 2. The summed E-state index contributed by atoms with van der Waals surface area (Å²) in [6.45, 7) is 17.5. The average Bonchev–Trinajstić information content (AvgIpc) is 3.71. The van der Waals surface area contributed by atoms with Gasteiger partial charge in [0.05, 0.1) is 11.4 Å². The van der Waals surface area contributed by atoms with Crippen molar-refractivity contribution >= 4 is 35.7 Å². The van der Waals surface area contributed by atoms with Crippen LogP contribution in [-0.2, 0) is 30.5 Å². The van der Waals surface area contributed by atoms with E-state index in [1.54, 1.807) is 0 Å². The summed E-state index contributed by atoms with van der Waals surface area (Å²) in [5.74, 6) is 0.995. The number of carbonyl (C=O) groups excluding carboxylic acids is 1. The van der Waals surface area contributed by atoms with Crippen molar-refractivity contribution in [1.82, 2.24) is 14.9 Å². The first-order valence-corrected chi connectivity index (χ1v) is 16.4. The van der Waals surface area contributed by atoms with E-state index in [-0.39, 0.29) is 5.91 Å². The first-order chi connectivity index (χ1) is 20.7. The summed E-state index contributed by atoms with van der Waals surface area (Å²) in [4.78, 5) is 31.8. The lowest BCUT2D eigenvalue weighted by Gasteiger charge is -2.14. The Morgan fingerprint density at radius 2 is 1.07 bits per heavy atom. The minimum atomic E-state index is -0.0816. The van der Waals surface area contributed by atoms with Gasteiger partial charge in [0.2, 0.25) is 0 Å². The van der Waals surface area contributed by atoms with Gasteiger partial charge in [0.15, 0.2) is 0 Å². The number of rotatable bonds is 11. The zero-order chi connectivity index (χ0) is 31.4. The van der Waals surface area contributed by atoms with Gasteiger partial charge in [-0.05, 0) is 109 Å². The van der Waals surface area contributed by atoms with Gasteiger partial charge in [-0.25, -0.2) is 9.98 Å². The summed E-state index contributed by atoms with van der Waals surface area (Å²) in [5, 5.41) is 2.19. The fourth-order valence-corrected chi connectivity index (χ4v) is 6.97. The van der Waals surface area contributed by atoms with Gasteiger partial charge >= 0.3 is 0 Å². The standard InChI is InChI=1S/C37H51N5O/c1-11-22-24(13-3)32(20-34-26(15-5)28(17-7)36(40-34)42(9)10)38-30(22)19-31-23(12-2)25(14-4)33(39-31)21-35-27(16-6)29(18-8)37(43)41-35/h19-21,38-39H,11-18H2,1-10H3/b31-19+,33-21-,34-20-. The number of aliphatic imine (C=N–C) groups is 2. The average molecular weight is 582 g/mol. The summed E-state index contributed by atoms with van der Waals surface area (Å²) in [6.07, 6.45) is 13.9. The van der Waals surface area contributed by atoms with Crippen LogP contribution < -0.4 is 10.7 Å².